The second-order valence-corrected chi connectivity index (χ2v) is 7.27. The molecule has 1 spiro atoms. The topological polar surface area (TPSA) is 98.8 Å². The zero-order valence-corrected chi connectivity index (χ0v) is 14.3. The number of aromatic amines is 1. The van der Waals surface area contributed by atoms with Gasteiger partial charge in [-0.05, 0) is 38.8 Å². The number of anilines is 1. The summed E-state index contributed by atoms with van der Waals surface area (Å²) in [4.78, 5) is 35.4. The summed E-state index contributed by atoms with van der Waals surface area (Å²) < 4.78 is 5.38. The van der Waals surface area contributed by atoms with Gasteiger partial charge in [-0.15, -0.1) is 0 Å². The number of carboxylic acids is 1. The summed E-state index contributed by atoms with van der Waals surface area (Å²) in [7, 11) is 0. The zero-order chi connectivity index (χ0) is 17.4. The second kappa shape index (κ2) is 6.42. The Hall–Kier alpha value is -1.93. The average molecular weight is 348 g/mol. The maximum Gasteiger partial charge on any atom is 0.317 e. The van der Waals surface area contributed by atoms with Crippen LogP contribution in [0.4, 0.5) is 5.95 Å². The number of H-pyrrole nitrogens is 1. The van der Waals surface area contributed by atoms with Crippen molar-refractivity contribution in [3.63, 3.8) is 0 Å². The fourth-order valence-electron chi connectivity index (χ4n) is 4.38. The Bertz CT molecular complexity index is 718. The lowest BCUT2D eigenvalue weighted by Crippen LogP contribution is -2.44. The Morgan fingerprint density at radius 1 is 1.20 bits per heavy atom. The summed E-state index contributed by atoms with van der Waals surface area (Å²) >= 11 is 0. The minimum atomic E-state index is -0.785. The van der Waals surface area contributed by atoms with E-state index in [1.165, 1.54) is 0 Å². The van der Waals surface area contributed by atoms with Gasteiger partial charge in [0.2, 0.25) is 5.95 Å². The number of likely N-dealkylation sites (tertiary alicyclic amines) is 1. The number of ether oxygens (including phenoxy) is 1. The Morgan fingerprint density at radius 2 is 1.92 bits per heavy atom. The lowest BCUT2D eigenvalue weighted by atomic mass is 9.76. The van der Waals surface area contributed by atoms with Crippen LogP contribution in [-0.4, -0.2) is 71.9 Å². The van der Waals surface area contributed by atoms with Crippen LogP contribution < -0.4 is 10.5 Å². The van der Waals surface area contributed by atoms with Crippen LogP contribution >= 0.6 is 0 Å². The van der Waals surface area contributed by atoms with E-state index in [0.29, 0.717) is 19.2 Å². The summed E-state index contributed by atoms with van der Waals surface area (Å²) in [5, 5.41) is 8.98. The minimum Gasteiger partial charge on any atom is -0.480 e. The van der Waals surface area contributed by atoms with Crippen LogP contribution in [0.3, 0.4) is 0 Å². The van der Waals surface area contributed by atoms with Crippen LogP contribution in [0.2, 0.25) is 0 Å². The SMILES string of the molecule is O=C(O)CN1CCC2(CCc3c2nc(N2CCOCC2)[nH]c3=O)CC1. The highest BCUT2D eigenvalue weighted by Gasteiger charge is 2.44. The Balaban J connectivity index is 1.60. The van der Waals surface area contributed by atoms with Gasteiger partial charge < -0.3 is 14.7 Å². The van der Waals surface area contributed by atoms with E-state index >= 15 is 0 Å². The predicted molar refractivity (Wildman–Crippen MR) is 91.2 cm³/mol. The third kappa shape index (κ3) is 3.04. The molecule has 0 unspecified atom stereocenters. The number of aromatic nitrogens is 2. The van der Waals surface area contributed by atoms with Gasteiger partial charge in [-0.2, -0.15) is 0 Å². The van der Waals surface area contributed by atoms with Crippen molar-refractivity contribution >= 4 is 11.9 Å². The van der Waals surface area contributed by atoms with Crippen LogP contribution in [0.5, 0.6) is 0 Å². The standard InChI is InChI=1S/C17H24N4O4/c22-13(23)11-20-5-3-17(4-6-20)2-1-12-14(17)18-16(19-15(12)24)21-7-9-25-10-8-21/h1-11H2,(H,22,23)(H,18,19,24). The number of carbonyl (C=O) groups is 1. The smallest absolute Gasteiger partial charge is 0.317 e. The van der Waals surface area contributed by atoms with E-state index in [2.05, 4.69) is 9.88 Å². The van der Waals surface area contributed by atoms with E-state index in [0.717, 1.165) is 63.1 Å². The van der Waals surface area contributed by atoms with Gasteiger partial charge in [-0.25, -0.2) is 4.98 Å². The molecule has 2 aliphatic heterocycles. The molecule has 0 saturated carbocycles. The number of nitrogens with zero attached hydrogens (tertiary/aromatic N) is 3. The maximum absolute atomic E-state index is 12.6. The number of rotatable bonds is 3. The summed E-state index contributed by atoms with van der Waals surface area (Å²) in [6.07, 6.45) is 3.43. The molecule has 0 aromatic carbocycles. The molecule has 1 aliphatic carbocycles. The molecule has 2 saturated heterocycles. The van der Waals surface area contributed by atoms with Crippen molar-refractivity contribution in [2.45, 2.75) is 31.1 Å². The first-order valence-corrected chi connectivity index (χ1v) is 8.98. The van der Waals surface area contributed by atoms with E-state index in [4.69, 9.17) is 14.8 Å². The summed E-state index contributed by atoms with van der Waals surface area (Å²) in [5.41, 5.74) is 1.69. The molecule has 4 rings (SSSR count). The third-order valence-corrected chi connectivity index (χ3v) is 5.84. The quantitative estimate of drug-likeness (QED) is 0.791. The lowest BCUT2D eigenvalue weighted by Gasteiger charge is -2.39. The number of nitrogens with one attached hydrogen (secondary N) is 1. The molecule has 25 heavy (non-hydrogen) atoms. The fraction of sp³-hybridized carbons (Fsp3) is 0.706. The van der Waals surface area contributed by atoms with Crippen molar-refractivity contribution in [3.8, 4) is 0 Å². The van der Waals surface area contributed by atoms with Gasteiger partial charge in [0, 0.05) is 24.1 Å². The normalized spacial score (nSPS) is 23.0. The van der Waals surface area contributed by atoms with Crippen LogP contribution in [0.25, 0.3) is 0 Å². The highest BCUT2D eigenvalue weighted by Crippen LogP contribution is 2.44. The Morgan fingerprint density at radius 3 is 2.60 bits per heavy atom. The summed E-state index contributed by atoms with van der Waals surface area (Å²) in [6.45, 7) is 4.35. The van der Waals surface area contributed by atoms with E-state index < -0.39 is 5.97 Å². The van der Waals surface area contributed by atoms with E-state index in [1.807, 2.05) is 4.90 Å². The first-order chi connectivity index (χ1) is 12.1. The molecule has 0 atom stereocenters. The first-order valence-electron chi connectivity index (χ1n) is 8.98. The number of aliphatic carboxylic acids is 1. The van der Waals surface area contributed by atoms with Crippen LogP contribution in [-0.2, 0) is 21.4 Å². The number of fused-ring (bicyclic) bond motifs is 2. The Labute approximate surface area is 145 Å². The number of carboxylic acid groups (broad SMARTS) is 1. The molecule has 8 heteroatoms. The van der Waals surface area contributed by atoms with Crippen LogP contribution in [0, 0.1) is 0 Å². The molecular formula is C17H24N4O4. The summed E-state index contributed by atoms with van der Waals surface area (Å²) in [5.74, 6) is -0.131. The molecule has 0 amide bonds. The average Bonchev–Trinajstić information content (AvgIpc) is 2.97. The van der Waals surface area contributed by atoms with Crippen molar-refractivity contribution in [1.82, 2.24) is 14.9 Å². The molecule has 2 fully saturated rings. The first kappa shape index (κ1) is 16.5. The molecule has 2 N–H and O–H groups in total. The number of hydrogen-bond donors (Lipinski definition) is 2. The van der Waals surface area contributed by atoms with Gasteiger partial charge in [0.1, 0.15) is 0 Å². The number of piperidine rings is 1. The van der Waals surface area contributed by atoms with Crippen LogP contribution in [0.1, 0.15) is 30.5 Å². The molecule has 1 aromatic rings. The molecule has 0 bridgehead atoms. The lowest BCUT2D eigenvalue weighted by molar-refractivity contribution is -0.138. The van der Waals surface area contributed by atoms with E-state index in [9.17, 15) is 9.59 Å². The molecular weight excluding hydrogens is 324 g/mol. The Kier molecular flexibility index (Phi) is 4.24. The molecule has 136 valence electrons. The highest BCUT2D eigenvalue weighted by atomic mass is 16.5. The second-order valence-electron chi connectivity index (χ2n) is 7.27. The molecule has 1 aromatic heterocycles. The summed E-state index contributed by atoms with van der Waals surface area (Å²) in [6, 6.07) is 0. The van der Waals surface area contributed by atoms with Gasteiger partial charge in [-0.3, -0.25) is 19.5 Å². The third-order valence-electron chi connectivity index (χ3n) is 5.84. The molecule has 8 nitrogen and oxygen atoms in total. The molecule has 3 aliphatic rings. The fourth-order valence-corrected chi connectivity index (χ4v) is 4.38. The number of hydrogen-bond acceptors (Lipinski definition) is 6. The van der Waals surface area contributed by atoms with E-state index in [-0.39, 0.29) is 17.5 Å². The van der Waals surface area contributed by atoms with Crippen molar-refractivity contribution in [2.24, 2.45) is 0 Å². The number of morpholine rings is 1. The van der Waals surface area contributed by atoms with E-state index in [1.54, 1.807) is 0 Å². The maximum atomic E-state index is 12.6. The molecule has 3 heterocycles. The van der Waals surface area contributed by atoms with Gasteiger partial charge in [0.15, 0.2) is 0 Å². The minimum absolute atomic E-state index is 0.0173. The van der Waals surface area contributed by atoms with Gasteiger partial charge in [0.25, 0.3) is 5.56 Å². The van der Waals surface area contributed by atoms with Gasteiger partial charge in [-0.1, -0.05) is 0 Å². The van der Waals surface area contributed by atoms with Crippen molar-refractivity contribution < 1.29 is 14.6 Å². The van der Waals surface area contributed by atoms with Crippen molar-refractivity contribution in [1.29, 1.82) is 0 Å². The van der Waals surface area contributed by atoms with Crippen molar-refractivity contribution in [2.75, 3.05) is 50.8 Å². The highest BCUT2D eigenvalue weighted by molar-refractivity contribution is 5.69. The molecule has 0 radical (unpaired) electrons. The predicted octanol–water partition coefficient (Wildman–Crippen LogP) is -0.0291. The largest absolute Gasteiger partial charge is 0.480 e. The monoisotopic (exact) mass is 348 g/mol. The van der Waals surface area contributed by atoms with Gasteiger partial charge in [0.05, 0.1) is 25.5 Å². The zero-order valence-electron chi connectivity index (χ0n) is 14.3. The van der Waals surface area contributed by atoms with Gasteiger partial charge >= 0.3 is 5.97 Å². The van der Waals surface area contributed by atoms with Crippen LogP contribution in [0.15, 0.2) is 4.79 Å². The van der Waals surface area contributed by atoms with Crippen molar-refractivity contribution in [3.05, 3.63) is 21.6 Å².